The summed E-state index contributed by atoms with van der Waals surface area (Å²) in [7, 11) is 0. The molecule has 0 unspecified atom stereocenters. The Labute approximate surface area is 235 Å². The van der Waals surface area contributed by atoms with Gasteiger partial charge in [0.15, 0.2) is 0 Å². The third kappa shape index (κ3) is 3.77. The summed E-state index contributed by atoms with van der Waals surface area (Å²) < 4.78 is 0. The molecular formula is C36H61NO. The smallest absolute Gasteiger partial charge is 0.0594 e. The zero-order chi connectivity index (χ0) is 27.1. The average molecular weight is 524 g/mol. The fourth-order valence-corrected chi connectivity index (χ4v) is 13.3. The van der Waals surface area contributed by atoms with Crippen molar-refractivity contribution < 1.29 is 5.11 Å². The van der Waals surface area contributed by atoms with Gasteiger partial charge in [-0.25, -0.2) is 0 Å². The van der Waals surface area contributed by atoms with Gasteiger partial charge in [-0.15, -0.1) is 0 Å². The van der Waals surface area contributed by atoms with Crippen LogP contribution in [0.2, 0.25) is 0 Å². The number of rotatable bonds is 4. The Balaban J connectivity index is 1.32. The van der Waals surface area contributed by atoms with Crippen LogP contribution in [0.3, 0.4) is 0 Å². The molecule has 0 amide bonds. The first-order valence-electron chi connectivity index (χ1n) is 16.9. The molecule has 6 rings (SSSR count). The molecular weight excluding hydrogens is 462 g/mol. The van der Waals surface area contributed by atoms with E-state index in [4.69, 9.17) is 0 Å². The second kappa shape index (κ2) is 9.34. The highest BCUT2D eigenvalue weighted by molar-refractivity contribution is 5.21. The first-order valence-corrected chi connectivity index (χ1v) is 16.9. The number of piperidine rings is 1. The molecule has 0 radical (unpaired) electrons. The van der Waals surface area contributed by atoms with Crippen LogP contribution in [-0.4, -0.2) is 35.7 Å². The van der Waals surface area contributed by atoms with Crippen LogP contribution < -0.4 is 0 Å². The minimum Gasteiger partial charge on any atom is -0.393 e. The van der Waals surface area contributed by atoms with Crippen molar-refractivity contribution in [1.29, 1.82) is 0 Å². The summed E-state index contributed by atoms with van der Waals surface area (Å²) in [5.41, 5.74) is 3.37. The van der Waals surface area contributed by atoms with Gasteiger partial charge in [-0.2, -0.15) is 0 Å². The molecule has 2 heteroatoms. The summed E-state index contributed by atoms with van der Waals surface area (Å²) in [6, 6.07) is 0. The molecule has 0 aromatic carbocycles. The van der Waals surface area contributed by atoms with Gasteiger partial charge in [-0.3, -0.25) is 0 Å². The summed E-state index contributed by atoms with van der Waals surface area (Å²) in [5, 5.41) is 11.0. The van der Waals surface area contributed by atoms with Crippen molar-refractivity contribution in [3.8, 4) is 0 Å². The number of likely N-dealkylation sites (tertiary alicyclic amines) is 1. The molecule has 0 bridgehead atoms. The van der Waals surface area contributed by atoms with Gasteiger partial charge in [0.25, 0.3) is 0 Å². The highest BCUT2D eigenvalue weighted by Gasteiger charge is 2.70. The molecule has 0 aromatic rings. The number of hydrogen-bond acceptors (Lipinski definition) is 2. The summed E-state index contributed by atoms with van der Waals surface area (Å²) in [5.74, 6) is 3.95. The molecule has 6 aliphatic rings. The van der Waals surface area contributed by atoms with Gasteiger partial charge < -0.3 is 10.0 Å². The van der Waals surface area contributed by atoms with Crippen molar-refractivity contribution in [2.24, 2.45) is 56.7 Å². The molecule has 2 nitrogen and oxygen atoms in total. The van der Waals surface area contributed by atoms with E-state index in [0.717, 1.165) is 30.1 Å². The molecule has 1 heterocycles. The Bertz CT molecular complexity index is 918. The first kappa shape index (κ1) is 27.8. The van der Waals surface area contributed by atoms with Crippen LogP contribution in [0.1, 0.15) is 131 Å². The summed E-state index contributed by atoms with van der Waals surface area (Å²) in [6.07, 6.45) is 19.2. The molecule has 6 fully saturated rings. The quantitative estimate of drug-likeness (QED) is 0.372. The summed E-state index contributed by atoms with van der Waals surface area (Å²) >= 11 is 0. The van der Waals surface area contributed by atoms with E-state index in [1.54, 1.807) is 0 Å². The largest absolute Gasteiger partial charge is 0.393 e. The highest BCUT2D eigenvalue weighted by Crippen LogP contribution is 2.77. The van der Waals surface area contributed by atoms with Crippen LogP contribution in [0, 0.1) is 56.7 Å². The lowest BCUT2D eigenvalue weighted by Crippen LogP contribution is -2.66. The zero-order valence-corrected chi connectivity index (χ0v) is 26.1. The number of allylic oxidation sites excluding steroid dienone is 1. The summed E-state index contributed by atoms with van der Waals surface area (Å²) in [6.45, 7) is 24.0. The predicted molar refractivity (Wildman–Crippen MR) is 160 cm³/mol. The van der Waals surface area contributed by atoms with Gasteiger partial charge in [-0.1, -0.05) is 53.2 Å². The van der Waals surface area contributed by atoms with Crippen LogP contribution in [0.25, 0.3) is 0 Å². The lowest BCUT2D eigenvalue weighted by molar-refractivity contribution is -0.248. The van der Waals surface area contributed by atoms with E-state index < -0.39 is 0 Å². The van der Waals surface area contributed by atoms with Gasteiger partial charge in [0, 0.05) is 0 Å². The molecule has 0 aromatic heterocycles. The number of nitrogens with zero attached hydrogens (tertiary/aromatic N) is 1. The normalized spacial score (nSPS) is 52.4. The van der Waals surface area contributed by atoms with Crippen molar-refractivity contribution in [2.45, 2.75) is 138 Å². The third-order valence-electron chi connectivity index (χ3n) is 15.6. The zero-order valence-electron chi connectivity index (χ0n) is 26.1. The van der Waals surface area contributed by atoms with Crippen molar-refractivity contribution >= 4 is 0 Å². The Hall–Kier alpha value is -0.340. The minimum absolute atomic E-state index is 0.0543. The van der Waals surface area contributed by atoms with Crippen molar-refractivity contribution in [3.05, 3.63) is 12.2 Å². The number of aliphatic hydroxyl groups excluding tert-OH is 1. The SMILES string of the molecule is C=C(C)[C@@H]1CC[C@]2(CCN3CCCCC3)CC[C@]3(C)[C@H](CC[C@@H]4[C@@]5(C)CC[C@H](O)C(C)(C)[C@@H]5CC[C@]43C)[C@@H]12. The molecule has 38 heavy (non-hydrogen) atoms. The van der Waals surface area contributed by atoms with E-state index in [1.165, 1.54) is 109 Å². The van der Waals surface area contributed by atoms with Crippen LogP contribution in [0.5, 0.6) is 0 Å². The monoisotopic (exact) mass is 523 g/mol. The number of fused-ring (bicyclic) bond motifs is 7. The maximum absolute atomic E-state index is 11.0. The molecule has 0 spiro atoms. The Morgan fingerprint density at radius 1 is 0.789 bits per heavy atom. The minimum atomic E-state index is -0.123. The first-order chi connectivity index (χ1) is 17.9. The lowest BCUT2D eigenvalue weighted by atomic mass is 9.32. The highest BCUT2D eigenvalue weighted by atomic mass is 16.3. The molecule has 216 valence electrons. The van der Waals surface area contributed by atoms with E-state index in [9.17, 15) is 5.11 Å². The van der Waals surface area contributed by atoms with E-state index in [1.807, 2.05) is 0 Å². The molecule has 1 saturated heterocycles. The second-order valence-electron chi connectivity index (χ2n) is 17.1. The molecule has 1 N–H and O–H groups in total. The second-order valence-corrected chi connectivity index (χ2v) is 17.1. The van der Waals surface area contributed by atoms with E-state index >= 15 is 0 Å². The van der Waals surface area contributed by atoms with Crippen molar-refractivity contribution in [3.63, 3.8) is 0 Å². The van der Waals surface area contributed by atoms with Gasteiger partial charge >= 0.3 is 0 Å². The number of hydrogen-bond donors (Lipinski definition) is 1. The maximum atomic E-state index is 11.0. The third-order valence-corrected chi connectivity index (χ3v) is 15.6. The standard InChI is InChI=1S/C36H61NO/c1-25(2)26-13-18-36(21-24-37-22-9-8-10-23-37)20-19-34(6)27(31(26)36)11-12-29-33(5)16-15-30(38)32(3,4)28(33)14-17-35(29,34)7/h26-31,38H,1,8-24H2,2-7H3/t26-,27+,28-,29+,30-,31+,33-,34+,35+,36+/m0/s1. The van der Waals surface area contributed by atoms with E-state index in [2.05, 4.69) is 53.0 Å². The average Bonchev–Trinajstić information content (AvgIpc) is 3.27. The van der Waals surface area contributed by atoms with Crippen LogP contribution in [0.4, 0.5) is 0 Å². The van der Waals surface area contributed by atoms with Crippen molar-refractivity contribution in [1.82, 2.24) is 4.90 Å². The molecule has 10 atom stereocenters. The van der Waals surface area contributed by atoms with Gasteiger partial charge in [-0.05, 0) is 167 Å². The van der Waals surface area contributed by atoms with Crippen LogP contribution >= 0.6 is 0 Å². The maximum Gasteiger partial charge on any atom is 0.0594 e. The van der Waals surface area contributed by atoms with E-state index in [-0.39, 0.29) is 11.5 Å². The van der Waals surface area contributed by atoms with Gasteiger partial charge in [0.05, 0.1) is 6.10 Å². The fourth-order valence-electron chi connectivity index (χ4n) is 13.3. The number of aliphatic hydroxyl groups is 1. The Kier molecular flexibility index (Phi) is 6.83. The van der Waals surface area contributed by atoms with E-state index in [0.29, 0.717) is 27.6 Å². The van der Waals surface area contributed by atoms with Gasteiger partial charge in [0.1, 0.15) is 0 Å². The molecule has 1 aliphatic heterocycles. The predicted octanol–water partition coefficient (Wildman–Crippen LogP) is 8.88. The fraction of sp³-hybridized carbons (Fsp3) is 0.944. The molecule has 5 saturated carbocycles. The van der Waals surface area contributed by atoms with Gasteiger partial charge in [0.2, 0.25) is 0 Å². The molecule has 5 aliphatic carbocycles. The topological polar surface area (TPSA) is 23.5 Å². The van der Waals surface area contributed by atoms with Crippen molar-refractivity contribution in [2.75, 3.05) is 19.6 Å². The lowest BCUT2D eigenvalue weighted by Gasteiger charge is -2.73. The summed E-state index contributed by atoms with van der Waals surface area (Å²) in [4.78, 5) is 2.82. The Morgan fingerprint density at radius 2 is 1.53 bits per heavy atom. The van der Waals surface area contributed by atoms with Crippen LogP contribution in [-0.2, 0) is 0 Å². The van der Waals surface area contributed by atoms with Crippen LogP contribution in [0.15, 0.2) is 12.2 Å². The Morgan fingerprint density at radius 3 is 2.24 bits per heavy atom.